The van der Waals surface area contributed by atoms with E-state index >= 15 is 0 Å². The molecule has 6 nitrogen and oxygen atoms in total. The number of nitrogens with one attached hydrogen (secondary N) is 2. The van der Waals surface area contributed by atoms with Crippen molar-refractivity contribution < 1.29 is 4.79 Å². The van der Waals surface area contributed by atoms with Gasteiger partial charge in [-0.3, -0.25) is 4.79 Å². The van der Waals surface area contributed by atoms with Crippen molar-refractivity contribution in [2.75, 3.05) is 11.1 Å². The summed E-state index contributed by atoms with van der Waals surface area (Å²) in [4.78, 5) is 15.3. The first kappa shape index (κ1) is 10.1. The van der Waals surface area contributed by atoms with Gasteiger partial charge in [0.25, 0.3) is 0 Å². The maximum Gasteiger partial charge on any atom is 0.236 e. The molecule has 0 aliphatic rings. The van der Waals surface area contributed by atoms with Gasteiger partial charge in [-0.25, -0.2) is 4.98 Å². The molecule has 0 saturated carbocycles. The van der Waals surface area contributed by atoms with Crippen molar-refractivity contribution in [2.24, 2.45) is 0 Å². The molecule has 0 spiro atoms. The Balaban J connectivity index is 1.78. The Hall–Kier alpha value is -1.41. The Bertz CT molecular complexity index is 413. The number of aromatic amines is 1. The number of hydrogen-bond donors (Lipinski definition) is 2. The van der Waals surface area contributed by atoms with Gasteiger partial charge in [-0.05, 0) is 0 Å². The number of thiazole rings is 1. The van der Waals surface area contributed by atoms with Crippen LogP contribution in [0.3, 0.4) is 0 Å². The van der Waals surface area contributed by atoms with Crippen LogP contribution in [0.5, 0.6) is 0 Å². The zero-order chi connectivity index (χ0) is 10.5. The van der Waals surface area contributed by atoms with Crippen LogP contribution in [-0.2, 0) is 4.79 Å². The number of amides is 1. The number of aromatic nitrogens is 4. The summed E-state index contributed by atoms with van der Waals surface area (Å²) in [6, 6.07) is 0. The van der Waals surface area contributed by atoms with Gasteiger partial charge >= 0.3 is 0 Å². The molecule has 0 aliphatic carbocycles. The highest BCUT2D eigenvalue weighted by molar-refractivity contribution is 7.99. The zero-order valence-corrected chi connectivity index (χ0v) is 9.14. The lowest BCUT2D eigenvalue weighted by Crippen LogP contribution is -2.13. The predicted molar refractivity (Wildman–Crippen MR) is 57.9 cm³/mol. The van der Waals surface area contributed by atoms with Crippen LogP contribution in [0.25, 0.3) is 0 Å². The van der Waals surface area contributed by atoms with Gasteiger partial charge < -0.3 is 5.32 Å². The average molecular weight is 241 g/mol. The summed E-state index contributed by atoms with van der Waals surface area (Å²) in [5.41, 5.74) is 0. The molecule has 15 heavy (non-hydrogen) atoms. The van der Waals surface area contributed by atoms with Crippen molar-refractivity contribution in [3.63, 3.8) is 0 Å². The average Bonchev–Trinajstić information content (AvgIpc) is 2.86. The highest BCUT2D eigenvalue weighted by atomic mass is 32.2. The number of carbonyl (C=O) groups is 1. The van der Waals surface area contributed by atoms with E-state index in [1.807, 2.05) is 0 Å². The molecular weight excluding hydrogens is 234 g/mol. The van der Waals surface area contributed by atoms with Gasteiger partial charge in [0.1, 0.15) is 5.03 Å². The van der Waals surface area contributed by atoms with Gasteiger partial charge in [0.15, 0.2) is 5.13 Å². The fourth-order valence-corrected chi connectivity index (χ4v) is 1.97. The second-order valence-electron chi connectivity index (χ2n) is 2.48. The molecule has 2 aromatic rings. The first-order chi connectivity index (χ1) is 7.34. The van der Waals surface area contributed by atoms with Gasteiger partial charge in [0.2, 0.25) is 5.91 Å². The zero-order valence-electron chi connectivity index (χ0n) is 7.51. The highest BCUT2D eigenvalue weighted by Gasteiger charge is 2.05. The molecule has 0 aliphatic heterocycles. The minimum atomic E-state index is -0.0991. The Morgan fingerprint density at radius 2 is 2.60 bits per heavy atom. The Morgan fingerprint density at radius 1 is 1.67 bits per heavy atom. The number of rotatable bonds is 4. The summed E-state index contributed by atoms with van der Waals surface area (Å²) in [5.74, 6) is 0.199. The smallest absolute Gasteiger partial charge is 0.236 e. The lowest BCUT2D eigenvalue weighted by molar-refractivity contribution is -0.113. The summed E-state index contributed by atoms with van der Waals surface area (Å²) in [7, 11) is 0. The predicted octanol–water partition coefficient (Wildman–Crippen LogP) is 0.992. The van der Waals surface area contributed by atoms with Gasteiger partial charge in [0, 0.05) is 11.6 Å². The van der Waals surface area contributed by atoms with Gasteiger partial charge in [-0.15, -0.1) is 16.4 Å². The minimum absolute atomic E-state index is 0.0991. The van der Waals surface area contributed by atoms with Crippen molar-refractivity contribution >= 4 is 34.1 Å². The molecule has 0 saturated heterocycles. The van der Waals surface area contributed by atoms with E-state index in [1.165, 1.54) is 23.1 Å². The van der Waals surface area contributed by atoms with Gasteiger partial charge in [-0.2, -0.15) is 10.3 Å². The second-order valence-corrected chi connectivity index (χ2v) is 4.37. The first-order valence-electron chi connectivity index (χ1n) is 4.02. The fraction of sp³-hybridized carbons (Fsp3) is 0.143. The number of hydrogen-bond acceptors (Lipinski definition) is 6. The largest absolute Gasteiger partial charge is 0.301 e. The quantitative estimate of drug-likeness (QED) is 0.780. The fourth-order valence-electron chi connectivity index (χ4n) is 0.841. The van der Waals surface area contributed by atoms with E-state index < -0.39 is 0 Å². The van der Waals surface area contributed by atoms with E-state index in [4.69, 9.17) is 0 Å². The Labute approximate surface area is 93.5 Å². The molecule has 0 aromatic carbocycles. The van der Waals surface area contributed by atoms with E-state index in [0.29, 0.717) is 15.9 Å². The summed E-state index contributed by atoms with van der Waals surface area (Å²) < 4.78 is 0. The molecule has 8 heteroatoms. The molecule has 2 aromatic heterocycles. The topological polar surface area (TPSA) is 83.6 Å². The number of anilines is 1. The maximum atomic E-state index is 11.4. The van der Waals surface area contributed by atoms with Crippen LogP contribution in [0, 0.1) is 0 Å². The van der Waals surface area contributed by atoms with Gasteiger partial charge in [-0.1, -0.05) is 11.8 Å². The van der Waals surface area contributed by atoms with E-state index in [1.54, 1.807) is 17.8 Å². The third kappa shape index (κ3) is 3.03. The first-order valence-corrected chi connectivity index (χ1v) is 5.89. The van der Waals surface area contributed by atoms with Crippen LogP contribution in [-0.4, -0.2) is 32.1 Å². The molecule has 0 unspecified atom stereocenters. The van der Waals surface area contributed by atoms with Crippen LogP contribution >= 0.6 is 23.1 Å². The second kappa shape index (κ2) is 4.89. The van der Waals surface area contributed by atoms with Crippen LogP contribution < -0.4 is 5.32 Å². The third-order valence-corrected chi connectivity index (χ3v) is 3.01. The number of H-pyrrole nitrogens is 1. The highest BCUT2D eigenvalue weighted by Crippen LogP contribution is 2.14. The van der Waals surface area contributed by atoms with Crippen molar-refractivity contribution in [2.45, 2.75) is 5.03 Å². The monoisotopic (exact) mass is 241 g/mol. The SMILES string of the molecule is O=C(CSc1cn[nH]n1)Nc1nccs1. The molecule has 1 amide bonds. The van der Waals surface area contributed by atoms with Crippen LogP contribution in [0.15, 0.2) is 22.8 Å². The lowest BCUT2D eigenvalue weighted by atomic mass is 10.7. The molecular formula is C7H7N5OS2. The Kier molecular flexibility index (Phi) is 3.30. The summed E-state index contributed by atoms with van der Waals surface area (Å²) in [6.07, 6.45) is 3.21. The molecule has 0 bridgehead atoms. The summed E-state index contributed by atoms with van der Waals surface area (Å²) in [6.45, 7) is 0. The van der Waals surface area contributed by atoms with E-state index in [0.717, 1.165) is 0 Å². The van der Waals surface area contributed by atoms with E-state index in [-0.39, 0.29) is 5.91 Å². The van der Waals surface area contributed by atoms with Crippen molar-refractivity contribution in [1.82, 2.24) is 20.4 Å². The molecule has 2 N–H and O–H groups in total. The van der Waals surface area contributed by atoms with Gasteiger partial charge in [0.05, 0.1) is 11.9 Å². The third-order valence-electron chi connectivity index (χ3n) is 1.42. The normalized spacial score (nSPS) is 10.1. The standard InChI is InChI=1S/C7H7N5OS2/c13-5(10-7-8-1-2-14-7)4-15-6-3-9-12-11-6/h1-3H,4H2,(H,8,10,13)(H,9,11,12). The molecule has 0 atom stereocenters. The lowest BCUT2D eigenvalue weighted by Gasteiger charge is -1.98. The number of nitrogens with zero attached hydrogens (tertiary/aromatic N) is 3. The number of thioether (sulfide) groups is 1. The Morgan fingerprint density at radius 3 is 3.27 bits per heavy atom. The summed E-state index contributed by atoms with van der Waals surface area (Å²) in [5, 5.41) is 15.7. The van der Waals surface area contributed by atoms with Crippen LogP contribution in [0.2, 0.25) is 0 Å². The molecule has 0 fully saturated rings. The molecule has 0 radical (unpaired) electrons. The summed E-state index contributed by atoms with van der Waals surface area (Å²) >= 11 is 2.71. The van der Waals surface area contributed by atoms with Crippen molar-refractivity contribution in [3.05, 3.63) is 17.8 Å². The maximum absolute atomic E-state index is 11.4. The van der Waals surface area contributed by atoms with Crippen molar-refractivity contribution in [3.8, 4) is 0 Å². The van der Waals surface area contributed by atoms with Crippen LogP contribution in [0.1, 0.15) is 0 Å². The molecule has 78 valence electrons. The van der Waals surface area contributed by atoms with E-state index in [2.05, 4.69) is 25.7 Å². The van der Waals surface area contributed by atoms with Crippen molar-refractivity contribution in [1.29, 1.82) is 0 Å². The van der Waals surface area contributed by atoms with Crippen LogP contribution in [0.4, 0.5) is 5.13 Å². The minimum Gasteiger partial charge on any atom is -0.301 e. The number of carbonyl (C=O) groups excluding carboxylic acids is 1. The molecule has 2 rings (SSSR count). The van der Waals surface area contributed by atoms with E-state index in [9.17, 15) is 4.79 Å². The molecule has 2 heterocycles.